The molecule has 1 atom stereocenters. The van der Waals surface area contributed by atoms with Crippen LogP contribution in [0.1, 0.15) is 18.5 Å². The third-order valence-corrected chi connectivity index (χ3v) is 3.32. The lowest BCUT2D eigenvalue weighted by atomic mass is 10.1. The Morgan fingerprint density at radius 2 is 1.76 bits per heavy atom. The van der Waals surface area contributed by atoms with Gasteiger partial charge in [0.15, 0.2) is 0 Å². The second kappa shape index (κ2) is 7.20. The average Bonchev–Trinajstić information content (AvgIpc) is 2.48. The van der Waals surface area contributed by atoms with Gasteiger partial charge in [-0.2, -0.15) is 0 Å². The third-order valence-electron chi connectivity index (χ3n) is 3.07. The zero-order chi connectivity index (χ0) is 15.2. The minimum atomic E-state index is -0.331. The molecular weight excluding hydrogens is 291 g/mol. The Hall–Kier alpha value is -1.91. The number of nitrogens with one attached hydrogen (secondary N) is 2. The van der Waals surface area contributed by atoms with Crippen molar-refractivity contribution in [3.05, 3.63) is 64.9 Å². The SMILES string of the molecule is CC(NCC(=O)Nc1ccc(F)cc1)c1ccc(Cl)cc1. The summed E-state index contributed by atoms with van der Waals surface area (Å²) in [5, 5.41) is 6.50. The molecule has 5 heteroatoms. The van der Waals surface area contributed by atoms with Crippen molar-refractivity contribution in [3.63, 3.8) is 0 Å². The summed E-state index contributed by atoms with van der Waals surface area (Å²) in [5.74, 6) is -0.509. The number of amides is 1. The molecule has 0 aliphatic carbocycles. The van der Waals surface area contributed by atoms with Gasteiger partial charge in [0.1, 0.15) is 5.82 Å². The van der Waals surface area contributed by atoms with Gasteiger partial charge in [0.05, 0.1) is 6.54 Å². The van der Waals surface area contributed by atoms with E-state index < -0.39 is 0 Å². The van der Waals surface area contributed by atoms with Crippen molar-refractivity contribution < 1.29 is 9.18 Å². The number of benzene rings is 2. The monoisotopic (exact) mass is 306 g/mol. The molecule has 0 fully saturated rings. The normalized spacial score (nSPS) is 12.0. The highest BCUT2D eigenvalue weighted by atomic mass is 35.5. The Balaban J connectivity index is 1.83. The van der Waals surface area contributed by atoms with E-state index in [1.807, 2.05) is 31.2 Å². The van der Waals surface area contributed by atoms with E-state index in [1.54, 1.807) is 0 Å². The van der Waals surface area contributed by atoms with Crippen molar-refractivity contribution in [1.82, 2.24) is 5.32 Å². The van der Waals surface area contributed by atoms with Crippen LogP contribution in [-0.4, -0.2) is 12.5 Å². The summed E-state index contributed by atoms with van der Waals surface area (Å²) < 4.78 is 12.8. The van der Waals surface area contributed by atoms with Crippen molar-refractivity contribution in [3.8, 4) is 0 Å². The summed E-state index contributed by atoms with van der Waals surface area (Å²) in [6.07, 6.45) is 0. The van der Waals surface area contributed by atoms with Gasteiger partial charge in [-0.3, -0.25) is 4.79 Å². The van der Waals surface area contributed by atoms with Gasteiger partial charge in [-0.15, -0.1) is 0 Å². The maximum atomic E-state index is 12.8. The molecule has 0 aliphatic rings. The standard InChI is InChI=1S/C16H16ClFN2O/c1-11(12-2-4-13(17)5-3-12)19-10-16(21)20-15-8-6-14(18)7-9-15/h2-9,11,19H,10H2,1H3,(H,20,21). The predicted octanol–water partition coefficient (Wildman–Crippen LogP) is 3.77. The number of hydrogen-bond acceptors (Lipinski definition) is 2. The Kier molecular flexibility index (Phi) is 5.31. The van der Waals surface area contributed by atoms with Crippen LogP contribution in [0.25, 0.3) is 0 Å². The van der Waals surface area contributed by atoms with Crippen molar-refractivity contribution in [2.45, 2.75) is 13.0 Å². The van der Waals surface area contributed by atoms with Gasteiger partial charge in [0, 0.05) is 16.8 Å². The number of carbonyl (C=O) groups is 1. The first kappa shape index (κ1) is 15.5. The molecule has 0 heterocycles. The smallest absolute Gasteiger partial charge is 0.238 e. The van der Waals surface area contributed by atoms with Gasteiger partial charge in [-0.1, -0.05) is 23.7 Å². The average molecular weight is 307 g/mol. The lowest BCUT2D eigenvalue weighted by Crippen LogP contribution is -2.30. The second-order valence-corrected chi connectivity index (χ2v) is 5.15. The van der Waals surface area contributed by atoms with E-state index >= 15 is 0 Å². The highest BCUT2D eigenvalue weighted by molar-refractivity contribution is 6.30. The van der Waals surface area contributed by atoms with Gasteiger partial charge in [-0.25, -0.2) is 4.39 Å². The van der Waals surface area contributed by atoms with E-state index in [0.717, 1.165) is 5.56 Å². The zero-order valence-corrected chi connectivity index (χ0v) is 12.3. The van der Waals surface area contributed by atoms with Crippen LogP contribution >= 0.6 is 11.6 Å². The van der Waals surface area contributed by atoms with E-state index in [1.165, 1.54) is 24.3 Å². The molecule has 1 unspecified atom stereocenters. The number of carbonyl (C=O) groups excluding carboxylic acids is 1. The Morgan fingerprint density at radius 3 is 2.38 bits per heavy atom. The molecule has 0 radical (unpaired) electrons. The maximum Gasteiger partial charge on any atom is 0.238 e. The van der Waals surface area contributed by atoms with Crippen LogP contribution in [-0.2, 0) is 4.79 Å². The second-order valence-electron chi connectivity index (χ2n) is 4.71. The van der Waals surface area contributed by atoms with Crippen LogP contribution in [0, 0.1) is 5.82 Å². The summed E-state index contributed by atoms with van der Waals surface area (Å²) in [6.45, 7) is 2.13. The minimum Gasteiger partial charge on any atom is -0.325 e. The molecule has 0 saturated carbocycles. The first-order chi connectivity index (χ1) is 10.0. The Bertz CT molecular complexity index is 599. The van der Waals surface area contributed by atoms with Crippen molar-refractivity contribution in [1.29, 1.82) is 0 Å². The summed E-state index contributed by atoms with van der Waals surface area (Å²) in [7, 11) is 0. The predicted molar refractivity (Wildman–Crippen MR) is 82.9 cm³/mol. The first-order valence-corrected chi connectivity index (χ1v) is 6.96. The summed E-state index contributed by atoms with van der Waals surface area (Å²) in [4.78, 5) is 11.8. The van der Waals surface area contributed by atoms with E-state index in [0.29, 0.717) is 10.7 Å². The molecule has 2 aromatic carbocycles. The van der Waals surface area contributed by atoms with Gasteiger partial charge in [-0.05, 0) is 48.9 Å². The number of halogens is 2. The summed E-state index contributed by atoms with van der Waals surface area (Å²) in [5.41, 5.74) is 1.62. The molecule has 0 bridgehead atoms. The van der Waals surface area contributed by atoms with Crippen molar-refractivity contribution >= 4 is 23.2 Å². The van der Waals surface area contributed by atoms with Crippen LogP contribution < -0.4 is 10.6 Å². The minimum absolute atomic E-state index is 0.0289. The molecular formula is C16H16ClFN2O. The van der Waals surface area contributed by atoms with Crippen LogP contribution in [0.15, 0.2) is 48.5 Å². The molecule has 110 valence electrons. The Labute approximate surface area is 128 Å². The molecule has 2 aromatic rings. The summed E-state index contributed by atoms with van der Waals surface area (Å²) >= 11 is 5.83. The molecule has 1 amide bonds. The van der Waals surface area contributed by atoms with Crippen molar-refractivity contribution in [2.24, 2.45) is 0 Å². The third kappa shape index (κ3) is 4.85. The molecule has 21 heavy (non-hydrogen) atoms. The fraction of sp³-hybridized carbons (Fsp3) is 0.188. The van der Waals surface area contributed by atoms with E-state index in [9.17, 15) is 9.18 Å². The lowest BCUT2D eigenvalue weighted by Gasteiger charge is -2.14. The van der Waals surface area contributed by atoms with E-state index in [-0.39, 0.29) is 24.3 Å². The topological polar surface area (TPSA) is 41.1 Å². The number of anilines is 1. The zero-order valence-electron chi connectivity index (χ0n) is 11.6. The highest BCUT2D eigenvalue weighted by Crippen LogP contribution is 2.15. The van der Waals surface area contributed by atoms with E-state index in [4.69, 9.17) is 11.6 Å². The maximum absolute atomic E-state index is 12.8. The van der Waals surface area contributed by atoms with E-state index in [2.05, 4.69) is 10.6 Å². The van der Waals surface area contributed by atoms with Crippen LogP contribution in [0.2, 0.25) is 5.02 Å². The highest BCUT2D eigenvalue weighted by Gasteiger charge is 2.08. The molecule has 0 aliphatic heterocycles. The van der Waals surface area contributed by atoms with Crippen LogP contribution in [0.5, 0.6) is 0 Å². The van der Waals surface area contributed by atoms with Gasteiger partial charge < -0.3 is 10.6 Å². The molecule has 2 rings (SSSR count). The molecule has 0 saturated heterocycles. The molecule has 0 spiro atoms. The quantitative estimate of drug-likeness (QED) is 0.883. The Morgan fingerprint density at radius 1 is 1.14 bits per heavy atom. The molecule has 0 aromatic heterocycles. The largest absolute Gasteiger partial charge is 0.325 e. The molecule has 2 N–H and O–H groups in total. The molecule has 3 nitrogen and oxygen atoms in total. The summed E-state index contributed by atoms with van der Waals surface area (Å²) in [6, 6.07) is 13.1. The number of rotatable bonds is 5. The number of hydrogen-bond donors (Lipinski definition) is 2. The van der Waals surface area contributed by atoms with Crippen LogP contribution in [0.4, 0.5) is 10.1 Å². The van der Waals surface area contributed by atoms with Crippen molar-refractivity contribution in [2.75, 3.05) is 11.9 Å². The van der Waals surface area contributed by atoms with Gasteiger partial charge >= 0.3 is 0 Å². The fourth-order valence-corrected chi connectivity index (χ4v) is 1.98. The fourth-order valence-electron chi connectivity index (χ4n) is 1.85. The van der Waals surface area contributed by atoms with Crippen LogP contribution in [0.3, 0.4) is 0 Å². The lowest BCUT2D eigenvalue weighted by molar-refractivity contribution is -0.115. The van der Waals surface area contributed by atoms with Gasteiger partial charge in [0.25, 0.3) is 0 Å². The first-order valence-electron chi connectivity index (χ1n) is 6.59. The van der Waals surface area contributed by atoms with Gasteiger partial charge in [0.2, 0.25) is 5.91 Å².